The maximum atomic E-state index is 12.5. The van der Waals surface area contributed by atoms with Gasteiger partial charge in [0.1, 0.15) is 5.75 Å². The summed E-state index contributed by atoms with van der Waals surface area (Å²) in [4.78, 5) is 24.8. The Morgan fingerprint density at radius 1 is 0.867 bits per heavy atom. The van der Waals surface area contributed by atoms with E-state index < -0.39 is 0 Å². The average molecular weight is 400 g/mol. The zero-order valence-corrected chi connectivity index (χ0v) is 16.6. The zero-order valence-electron chi connectivity index (χ0n) is 16.6. The summed E-state index contributed by atoms with van der Waals surface area (Å²) >= 11 is 0. The fraction of sp³-hybridized carbons (Fsp3) is 0.200. The molecule has 0 saturated heterocycles. The molecule has 30 heavy (non-hydrogen) atoms. The third-order valence-electron chi connectivity index (χ3n) is 5.41. The standard InChI is InChI=1S/C25H24N2O3/c28-23(27-25(15-8-16-25)20-11-5-2-6-12-20)18-30-22-14-7-13-21(17-22)26-24(29)19-9-3-1-4-10-19/h1-7,9-14,17H,8,15-16,18H2,(H,26,29)(H,27,28). The van der Waals surface area contributed by atoms with Gasteiger partial charge in [0.15, 0.2) is 6.61 Å². The molecular formula is C25H24N2O3. The van der Waals surface area contributed by atoms with Crippen molar-refractivity contribution in [3.05, 3.63) is 96.1 Å². The first-order valence-electron chi connectivity index (χ1n) is 10.1. The molecule has 1 fully saturated rings. The molecule has 0 aliphatic heterocycles. The van der Waals surface area contributed by atoms with Crippen molar-refractivity contribution < 1.29 is 14.3 Å². The molecule has 0 unspecified atom stereocenters. The maximum Gasteiger partial charge on any atom is 0.258 e. The summed E-state index contributed by atoms with van der Waals surface area (Å²) in [6.07, 6.45) is 2.96. The third kappa shape index (κ3) is 4.51. The highest BCUT2D eigenvalue weighted by molar-refractivity contribution is 6.04. The molecular weight excluding hydrogens is 376 g/mol. The highest BCUT2D eigenvalue weighted by Crippen LogP contribution is 2.41. The van der Waals surface area contributed by atoms with Crippen molar-refractivity contribution in [1.29, 1.82) is 0 Å². The molecule has 5 heteroatoms. The van der Waals surface area contributed by atoms with Crippen molar-refractivity contribution in [2.75, 3.05) is 11.9 Å². The molecule has 4 rings (SSSR count). The molecule has 3 aromatic carbocycles. The van der Waals surface area contributed by atoms with Crippen molar-refractivity contribution in [1.82, 2.24) is 5.32 Å². The lowest BCUT2D eigenvalue weighted by atomic mass is 9.72. The van der Waals surface area contributed by atoms with E-state index in [0.717, 1.165) is 24.8 Å². The topological polar surface area (TPSA) is 67.4 Å². The lowest BCUT2D eigenvalue weighted by Gasteiger charge is -2.43. The van der Waals surface area contributed by atoms with E-state index in [1.54, 1.807) is 36.4 Å². The van der Waals surface area contributed by atoms with Gasteiger partial charge in [-0.3, -0.25) is 9.59 Å². The SMILES string of the molecule is O=C(COc1cccc(NC(=O)c2ccccc2)c1)NC1(c2ccccc2)CCC1. The van der Waals surface area contributed by atoms with Crippen LogP contribution < -0.4 is 15.4 Å². The third-order valence-corrected chi connectivity index (χ3v) is 5.41. The molecule has 0 heterocycles. The first-order valence-corrected chi connectivity index (χ1v) is 10.1. The average Bonchev–Trinajstić information content (AvgIpc) is 2.76. The van der Waals surface area contributed by atoms with Gasteiger partial charge < -0.3 is 15.4 Å². The molecule has 0 atom stereocenters. The Balaban J connectivity index is 1.34. The highest BCUT2D eigenvalue weighted by atomic mass is 16.5. The minimum absolute atomic E-state index is 0.0787. The van der Waals surface area contributed by atoms with E-state index in [2.05, 4.69) is 22.8 Å². The number of rotatable bonds is 7. The lowest BCUT2D eigenvalue weighted by molar-refractivity contribution is -0.126. The van der Waals surface area contributed by atoms with Gasteiger partial charge in [-0.1, -0.05) is 54.6 Å². The van der Waals surface area contributed by atoms with E-state index in [9.17, 15) is 9.59 Å². The molecule has 0 bridgehead atoms. The van der Waals surface area contributed by atoms with Crippen LogP contribution >= 0.6 is 0 Å². The first-order chi connectivity index (χ1) is 14.6. The summed E-state index contributed by atoms with van der Waals surface area (Å²) in [5.74, 6) is 0.177. The second-order valence-corrected chi connectivity index (χ2v) is 7.49. The molecule has 2 amide bonds. The molecule has 1 aliphatic rings. The fourth-order valence-electron chi connectivity index (χ4n) is 3.68. The lowest BCUT2D eigenvalue weighted by Crippen LogP contribution is -2.52. The number of benzene rings is 3. The van der Waals surface area contributed by atoms with Crippen molar-refractivity contribution >= 4 is 17.5 Å². The summed E-state index contributed by atoms with van der Waals surface area (Å²) < 4.78 is 5.68. The van der Waals surface area contributed by atoms with Crippen LogP contribution in [0.4, 0.5) is 5.69 Å². The second kappa shape index (κ2) is 8.82. The number of ether oxygens (including phenoxy) is 1. The van der Waals surface area contributed by atoms with Gasteiger partial charge in [0, 0.05) is 17.3 Å². The maximum absolute atomic E-state index is 12.5. The van der Waals surface area contributed by atoms with Crippen LogP contribution in [0.1, 0.15) is 35.2 Å². The van der Waals surface area contributed by atoms with Crippen molar-refractivity contribution in [3.8, 4) is 5.75 Å². The summed E-state index contributed by atoms with van der Waals surface area (Å²) in [5, 5.41) is 6.00. The van der Waals surface area contributed by atoms with Crippen LogP contribution in [0.3, 0.4) is 0 Å². The molecule has 0 aromatic heterocycles. The molecule has 0 spiro atoms. The van der Waals surface area contributed by atoms with Crippen LogP contribution in [-0.4, -0.2) is 18.4 Å². The van der Waals surface area contributed by atoms with E-state index >= 15 is 0 Å². The number of amides is 2. The molecule has 152 valence electrons. The predicted molar refractivity (Wildman–Crippen MR) is 116 cm³/mol. The quantitative estimate of drug-likeness (QED) is 0.613. The summed E-state index contributed by atoms with van der Waals surface area (Å²) in [7, 11) is 0. The number of hydrogen-bond acceptors (Lipinski definition) is 3. The smallest absolute Gasteiger partial charge is 0.258 e. The molecule has 2 N–H and O–H groups in total. The van der Waals surface area contributed by atoms with E-state index in [1.807, 2.05) is 36.4 Å². The Morgan fingerprint density at radius 2 is 1.57 bits per heavy atom. The Bertz CT molecular complexity index is 1010. The number of carbonyl (C=O) groups excluding carboxylic acids is 2. The van der Waals surface area contributed by atoms with E-state index in [-0.39, 0.29) is 24.0 Å². The van der Waals surface area contributed by atoms with Gasteiger partial charge in [0.2, 0.25) is 0 Å². The Kier molecular flexibility index (Phi) is 5.80. The van der Waals surface area contributed by atoms with Crippen LogP contribution in [0, 0.1) is 0 Å². The number of anilines is 1. The van der Waals surface area contributed by atoms with Gasteiger partial charge in [-0.05, 0) is 49.1 Å². The zero-order chi connectivity index (χ0) is 20.8. The number of nitrogens with one attached hydrogen (secondary N) is 2. The molecule has 3 aromatic rings. The van der Waals surface area contributed by atoms with Crippen LogP contribution in [-0.2, 0) is 10.3 Å². The van der Waals surface area contributed by atoms with Crippen molar-refractivity contribution in [2.45, 2.75) is 24.8 Å². The summed E-state index contributed by atoms with van der Waals surface area (Å²) in [6.45, 7) is -0.0787. The Morgan fingerprint density at radius 3 is 2.23 bits per heavy atom. The normalized spacial score (nSPS) is 14.3. The second-order valence-electron chi connectivity index (χ2n) is 7.49. The molecule has 1 saturated carbocycles. The van der Waals surface area contributed by atoms with Crippen LogP contribution in [0.15, 0.2) is 84.9 Å². The van der Waals surface area contributed by atoms with Gasteiger partial charge >= 0.3 is 0 Å². The van der Waals surface area contributed by atoms with E-state index in [1.165, 1.54) is 0 Å². The van der Waals surface area contributed by atoms with Gasteiger partial charge in [-0.25, -0.2) is 0 Å². The van der Waals surface area contributed by atoms with Crippen LogP contribution in [0.2, 0.25) is 0 Å². The number of carbonyl (C=O) groups is 2. The van der Waals surface area contributed by atoms with E-state index in [0.29, 0.717) is 17.0 Å². The number of hydrogen-bond donors (Lipinski definition) is 2. The van der Waals surface area contributed by atoms with Gasteiger partial charge in [-0.2, -0.15) is 0 Å². The summed E-state index contributed by atoms with van der Waals surface area (Å²) in [6, 6.07) is 26.1. The minimum Gasteiger partial charge on any atom is -0.484 e. The summed E-state index contributed by atoms with van der Waals surface area (Å²) in [5.41, 5.74) is 2.04. The van der Waals surface area contributed by atoms with Crippen LogP contribution in [0.5, 0.6) is 5.75 Å². The fourth-order valence-corrected chi connectivity index (χ4v) is 3.68. The van der Waals surface area contributed by atoms with Crippen molar-refractivity contribution in [3.63, 3.8) is 0 Å². The Hall–Kier alpha value is -3.60. The van der Waals surface area contributed by atoms with Gasteiger partial charge in [0.25, 0.3) is 11.8 Å². The molecule has 1 aliphatic carbocycles. The highest BCUT2D eigenvalue weighted by Gasteiger charge is 2.39. The Labute approximate surface area is 176 Å². The van der Waals surface area contributed by atoms with Crippen molar-refractivity contribution in [2.24, 2.45) is 0 Å². The largest absolute Gasteiger partial charge is 0.484 e. The predicted octanol–water partition coefficient (Wildman–Crippen LogP) is 4.51. The molecule has 5 nitrogen and oxygen atoms in total. The van der Waals surface area contributed by atoms with Crippen LogP contribution in [0.25, 0.3) is 0 Å². The van der Waals surface area contributed by atoms with Gasteiger partial charge in [-0.15, -0.1) is 0 Å². The monoisotopic (exact) mass is 400 g/mol. The minimum atomic E-state index is -0.285. The van der Waals surface area contributed by atoms with Gasteiger partial charge in [0.05, 0.1) is 5.54 Å². The first kappa shape index (κ1) is 19.7. The molecule has 0 radical (unpaired) electrons. The van der Waals surface area contributed by atoms with E-state index in [4.69, 9.17) is 4.74 Å².